The Morgan fingerprint density at radius 2 is 0.927 bits per heavy atom. The molecule has 5 nitrogen and oxygen atoms in total. The molecule has 0 saturated carbocycles. The first-order valence-electron chi connectivity index (χ1n) is 18.3. The molecule has 5 heteroatoms. The van der Waals surface area contributed by atoms with Crippen LogP contribution in [0.5, 0.6) is 0 Å². The van der Waals surface area contributed by atoms with Gasteiger partial charge in [-0.3, -0.25) is 0 Å². The van der Waals surface area contributed by atoms with Crippen molar-refractivity contribution in [3.05, 3.63) is 187 Å². The van der Waals surface area contributed by atoms with Crippen LogP contribution in [0, 0.1) is 22.7 Å². The van der Waals surface area contributed by atoms with Gasteiger partial charge >= 0.3 is 0 Å². The molecule has 0 spiro atoms. The molecule has 254 valence electrons. The van der Waals surface area contributed by atoms with Gasteiger partial charge in [0, 0.05) is 43.6 Å². The molecule has 3 aromatic heterocycles. The molecule has 0 aliphatic rings. The topological polar surface area (TPSA) is 62.4 Å². The predicted octanol–water partition coefficient (Wildman–Crippen LogP) is 12.4. The Kier molecular flexibility index (Phi) is 6.61. The number of rotatable bonds is 4. The quantitative estimate of drug-likeness (QED) is 0.184. The second-order valence-corrected chi connectivity index (χ2v) is 14.0. The third-order valence-corrected chi connectivity index (χ3v) is 11.1. The minimum Gasteiger partial charge on any atom is -0.307 e. The van der Waals surface area contributed by atoms with E-state index in [1.54, 1.807) is 0 Å². The Morgan fingerprint density at radius 3 is 1.55 bits per heavy atom. The summed E-state index contributed by atoms with van der Waals surface area (Å²) in [7, 11) is 0. The van der Waals surface area contributed by atoms with Gasteiger partial charge in [-0.05, 0) is 72.3 Å². The molecule has 0 saturated heterocycles. The fourth-order valence-corrected chi connectivity index (χ4v) is 8.83. The maximum Gasteiger partial charge on any atom is 0.101 e. The molecule has 11 rings (SSSR count). The van der Waals surface area contributed by atoms with Crippen LogP contribution < -0.4 is 0 Å². The SMILES string of the molecule is N#Cc1ccc2c(c1)c1cccc(-n3c4ccccc4c4ccccc43)c1n2-c1cccc(-c2cccc(C#N)c2-n2c3ccccc3c3ccccc32)c1. The molecule has 11 aromatic rings. The standard InChI is InChI=1S/C50H29N5/c51-30-32-26-27-47-42(28-32)41-20-11-25-48(54-43-21-5-1-15-37(43)38-16-2-6-22-44(38)54)50(41)53(47)35-14-9-12-33(29-35)36-19-10-13-34(31-52)49(36)55-45-23-7-3-17-39(45)40-18-4-8-24-46(40)55/h1-29H. The first-order chi connectivity index (χ1) is 27.2. The van der Waals surface area contributed by atoms with Crippen molar-refractivity contribution in [3.63, 3.8) is 0 Å². The van der Waals surface area contributed by atoms with Gasteiger partial charge in [0.15, 0.2) is 0 Å². The van der Waals surface area contributed by atoms with Crippen LogP contribution in [0.1, 0.15) is 11.1 Å². The fraction of sp³-hybridized carbons (Fsp3) is 0. The third-order valence-electron chi connectivity index (χ3n) is 11.1. The van der Waals surface area contributed by atoms with Crippen molar-refractivity contribution in [2.24, 2.45) is 0 Å². The molecule has 0 N–H and O–H groups in total. The lowest BCUT2D eigenvalue weighted by atomic mass is 9.99. The molecule has 8 aromatic carbocycles. The lowest BCUT2D eigenvalue weighted by molar-refractivity contribution is 1.13. The van der Waals surface area contributed by atoms with Gasteiger partial charge in [0.2, 0.25) is 0 Å². The zero-order valence-corrected chi connectivity index (χ0v) is 29.5. The second kappa shape index (κ2) is 11.8. The van der Waals surface area contributed by atoms with Crippen molar-refractivity contribution in [3.8, 4) is 40.3 Å². The van der Waals surface area contributed by atoms with Gasteiger partial charge in [-0.2, -0.15) is 10.5 Å². The molecule has 0 amide bonds. The van der Waals surface area contributed by atoms with Crippen molar-refractivity contribution in [1.29, 1.82) is 10.5 Å². The van der Waals surface area contributed by atoms with Gasteiger partial charge in [0.1, 0.15) is 6.07 Å². The fourth-order valence-electron chi connectivity index (χ4n) is 8.83. The highest BCUT2D eigenvalue weighted by atomic mass is 15.1. The van der Waals surface area contributed by atoms with Crippen LogP contribution in [0.2, 0.25) is 0 Å². The largest absolute Gasteiger partial charge is 0.307 e. The number of aromatic nitrogens is 3. The van der Waals surface area contributed by atoms with Gasteiger partial charge in [-0.1, -0.05) is 109 Å². The summed E-state index contributed by atoms with van der Waals surface area (Å²) >= 11 is 0. The molecular formula is C50H29N5. The molecule has 0 fully saturated rings. The van der Waals surface area contributed by atoms with E-state index in [9.17, 15) is 10.5 Å². The average Bonchev–Trinajstić information content (AvgIpc) is 3.89. The number of hydrogen-bond acceptors (Lipinski definition) is 2. The summed E-state index contributed by atoms with van der Waals surface area (Å²) in [5.41, 5.74) is 12.5. The van der Waals surface area contributed by atoms with Crippen molar-refractivity contribution in [2.45, 2.75) is 0 Å². The summed E-state index contributed by atoms with van der Waals surface area (Å²) in [5, 5.41) is 27.3. The van der Waals surface area contributed by atoms with Crippen LogP contribution in [0.3, 0.4) is 0 Å². The van der Waals surface area contributed by atoms with Crippen LogP contribution >= 0.6 is 0 Å². The molecule has 0 atom stereocenters. The normalized spacial score (nSPS) is 11.6. The van der Waals surface area contributed by atoms with E-state index in [-0.39, 0.29) is 0 Å². The zero-order chi connectivity index (χ0) is 36.6. The molecule has 3 heterocycles. The molecule has 0 aliphatic carbocycles. The molecule has 55 heavy (non-hydrogen) atoms. The van der Waals surface area contributed by atoms with E-state index >= 15 is 0 Å². The Balaban J connectivity index is 1.22. The van der Waals surface area contributed by atoms with Crippen molar-refractivity contribution in [1.82, 2.24) is 13.7 Å². The van der Waals surface area contributed by atoms with Gasteiger partial charge in [0.05, 0.1) is 61.7 Å². The lowest BCUT2D eigenvalue weighted by Gasteiger charge is -2.18. The number of nitrogens with zero attached hydrogens (tertiary/aromatic N) is 5. The third kappa shape index (κ3) is 4.39. The summed E-state index contributed by atoms with van der Waals surface area (Å²) in [6, 6.07) is 65.9. The predicted molar refractivity (Wildman–Crippen MR) is 224 cm³/mol. The smallest absolute Gasteiger partial charge is 0.101 e. The van der Waals surface area contributed by atoms with E-state index in [1.807, 2.05) is 24.3 Å². The summed E-state index contributed by atoms with van der Waals surface area (Å²) in [6.07, 6.45) is 0. The highest BCUT2D eigenvalue weighted by Gasteiger charge is 2.22. The van der Waals surface area contributed by atoms with Crippen LogP contribution in [0.15, 0.2) is 176 Å². The van der Waals surface area contributed by atoms with Crippen molar-refractivity contribution >= 4 is 65.4 Å². The average molecular weight is 700 g/mol. The molecule has 0 unspecified atom stereocenters. The summed E-state index contributed by atoms with van der Waals surface area (Å²) < 4.78 is 6.95. The summed E-state index contributed by atoms with van der Waals surface area (Å²) in [6.45, 7) is 0. The van der Waals surface area contributed by atoms with Gasteiger partial charge in [0.25, 0.3) is 0 Å². The molecule has 0 aliphatic heterocycles. The van der Waals surface area contributed by atoms with Crippen molar-refractivity contribution in [2.75, 3.05) is 0 Å². The number of nitriles is 2. The Labute approximate surface area is 316 Å². The zero-order valence-electron chi connectivity index (χ0n) is 29.5. The van der Waals surface area contributed by atoms with Crippen LogP contribution in [-0.2, 0) is 0 Å². The Bertz CT molecular complexity index is 3360. The number of fused-ring (bicyclic) bond motifs is 9. The molecule has 0 bridgehead atoms. The van der Waals surface area contributed by atoms with Crippen LogP contribution in [0.25, 0.3) is 93.6 Å². The summed E-state index contributed by atoms with van der Waals surface area (Å²) in [5.74, 6) is 0. The maximum atomic E-state index is 10.6. The Hall–Kier alpha value is -7.86. The second-order valence-electron chi connectivity index (χ2n) is 14.0. The highest BCUT2D eigenvalue weighted by Crippen LogP contribution is 2.42. The minimum atomic E-state index is 0.601. The first kappa shape index (κ1) is 30.7. The molecular weight excluding hydrogens is 671 g/mol. The Morgan fingerprint density at radius 1 is 0.382 bits per heavy atom. The van der Waals surface area contributed by atoms with E-state index in [1.165, 1.54) is 10.8 Å². The van der Waals surface area contributed by atoms with Gasteiger partial charge in [-0.25, -0.2) is 0 Å². The van der Waals surface area contributed by atoms with Crippen LogP contribution in [0.4, 0.5) is 0 Å². The van der Waals surface area contributed by atoms with Gasteiger partial charge < -0.3 is 13.7 Å². The number of hydrogen-bond donors (Lipinski definition) is 0. The first-order valence-corrected chi connectivity index (χ1v) is 18.3. The van der Waals surface area contributed by atoms with E-state index in [0.717, 1.165) is 82.8 Å². The van der Waals surface area contributed by atoms with E-state index in [0.29, 0.717) is 11.1 Å². The monoisotopic (exact) mass is 699 g/mol. The highest BCUT2D eigenvalue weighted by molar-refractivity contribution is 6.15. The summed E-state index contributed by atoms with van der Waals surface area (Å²) in [4.78, 5) is 0. The van der Waals surface area contributed by atoms with E-state index in [2.05, 4.69) is 177 Å². The van der Waals surface area contributed by atoms with E-state index < -0.39 is 0 Å². The number of para-hydroxylation sites is 6. The number of benzene rings is 8. The molecule has 0 radical (unpaired) electrons. The lowest BCUT2D eigenvalue weighted by Crippen LogP contribution is -2.02. The van der Waals surface area contributed by atoms with Crippen LogP contribution in [-0.4, -0.2) is 13.7 Å². The van der Waals surface area contributed by atoms with Crippen molar-refractivity contribution < 1.29 is 0 Å². The maximum absolute atomic E-state index is 10.6. The van der Waals surface area contributed by atoms with Gasteiger partial charge in [-0.15, -0.1) is 0 Å². The van der Waals surface area contributed by atoms with E-state index in [4.69, 9.17) is 0 Å². The minimum absolute atomic E-state index is 0.601.